The number of piperidine rings is 1. The van der Waals surface area contributed by atoms with E-state index in [9.17, 15) is 8.42 Å². The van der Waals surface area contributed by atoms with Gasteiger partial charge in [-0.2, -0.15) is 25.7 Å². The molecule has 10 heteroatoms. The summed E-state index contributed by atoms with van der Waals surface area (Å²) < 4.78 is 33.1. The first-order valence-corrected chi connectivity index (χ1v) is 11.2. The molecule has 3 aromatic rings. The first-order valence-electron chi connectivity index (χ1n) is 8.82. The molecule has 0 aliphatic carbocycles. The summed E-state index contributed by atoms with van der Waals surface area (Å²) in [4.78, 5) is 4.75. The van der Waals surface area contributed by atoms with Crippen molar-refractivity contribution in [2.45, 2.75) is 38.0 Å². The minimum atomic E-state index is -3.56. The molecular weight excluding hydrogens is 386 g/mol. The lowest BCUT2D eigenvalue weighted by Crippen LogP contribution is -2.40. The van der Waals surface area contributed by atoms with Gasteiger partial charge in [-0.25, -0.2) is 8.42 Å². The number of hydrogen-bond acceptors (Lipinski definition) is 7. The quantitative estimate of drug-likeness (QED) is 0.697. The molecule has 0 saturated carbocycles. The van der Waals surface area contributed by atoms with E-state index >= 15 is 0 Å². The summed E-state index contributed by atoms with van der Waals surface area (Å²) in [6.45, 7) is 4.41. The molecule has 1 fully saturated rings. The van der Waals surface area contributed by atoms with E-state index in [-0.39, 0.29) is 5.92 Å². The minimum Gasteiger partial charge on any atom is -0.339 e. The predicted octanol–water partition coefficient (Wildman–Crippen LogP) is 2.78. The molecule has 0 bridgehead atoms. The molecule has 0 unspecified atom stereocenters. The Labute approximate surface area is 161 Å². The maximum Gasteiger partial charge on any atom is 0.246 e. The van der Waals surface area contributed by atoms with Crippen molar-refractivity contribution in [3.8, 4) is 11.4 Å². The highest BCUT2D eigenvalue weighted by atomic mass is 32.2. The Balaban J connectivity index is 1.49. The lowest BCUT2D eigenvalue weighted by molar-refractivity contribution is 0.247. The second-order valence-electron chi connectivity index (χ2n) is 6.86. The molecule has 1 aliphatic heterocycles. The molecule has 0 amide bonds. The number of nitrogens with one attached hydrogen (secondary N) is 1. The standard InChI is InChI=1S/C17H21N5O3S2/c1-11-16(12(2)20-19-11)27(23,24)22-6-3-4-13(9-22)8-15-18-17(21-25-15)14-5-7-26-10-14/h5,7,10,13H,3-4,6,8-9H2,1-2H3,(H,19,20)/t13-/m1/s1. The molecule has 0 aromatic carbocycles. The number of rotatable bonds is 5. The van der Waals surface area contributed by atoms with Crippen molar-refractivity contribution in [1.29, 1.82) is 0 Å². The third kappa shape index (κ3) is 3.56. The van der Waals surface area contributed by atoms with Crippen LogP contribution in [-0.4, -0.2) is 46.2 Å². The summed E-state index contributed by atoms with van der Waals surface area (Å²) in [5, 5.41) is 14.8. The third-order valence-electron chi connectivity index (χ3n) is 4.85. The van der Waals surface area contributed by atoms with Gasteiger partial charge in [-0.05, 0) is 44.1 Å². The number of hydrogen-bond donors (Lipinski definition) is 1. The molecule has 144 valence electrons. The van der Waals surface area contributed by atoms with Crippen molar-refractivity contribution in [2.75, 3.05) is 13.1 Å². The largest absolute Gasteiger partial charge is 0.339 e. The van der Waals surface area contributed by atoms with Gasteiger partial charge in [-0.15, -0.1) is 0 Å². The topological polar surface area (TPSA) is 105 Å². The molecule has 1 N–H and O–H groups in total. The van der Waals surface area contributed by atoms with Crippen LogP contribution in [0.4, 0.5) is 0 Å². The van der Waals surface area contributed by atoms with Crippen LogP contribution < -0.4 is 0 Å². The van der Waals surface area contributed by atoms with Crippen molar-refractivity contribution < 1.29 is 12.9 Å². The van der Waals surface area contributed by atoms with Crippen LogP contribution in [-0.2, 0) is 16.4 Å². The Bertz CT molecular complexity index is 1000. The number of aromatic amines is 1. The lowest BCUT2D eigenvalue weighted by Gasteiger charge is -2.31. The van der Waals surface area contributed by atoms with Crippen molar-refractivity contribution in [2.24, 2.45) is 5.92 Å². The molecule has 0 spiro atoms. The third-order valence-corrected chi connectivity index (χ3v) is 7.66. The van der Waals surface area contributed by atoms with Gasteiger partial charge < -0.3 is 4.52 Å². The molecular formula is C17H21N5O3S2. The van der Waals surface area contributed by atoms with Crippen molar-refractivity contribution in [1.82, 2.24) is 24.6 Å². The first kappa shape index (κ1) is 18.3. The van der Waals surface area contributed by atoms with E-state index in [0.717, 1.165) is 18.4 Å². The molecule has 1 aliphatic rings. The van der Waals surface area contributed by atoms with Crippen LogP contribution in [0.2, 0.25) is 0 Å². The van der Waals surface area contributed by atoms with Crippen LogP contribution in [0.25, 0.3) is 11.4 Å². The predicted molar refractivity (Wildman–Crippen MR) is 101 cm³/mol. The van der Waals surface area contributed by atoms with Gasteiger partial charge in [-0.1, -0.05) is 5.16 Å². The summed E-state index contributed by atoms with van der Waals surface area (Å²) in [5.74, 6) is 1.28. The fourth-order valence-corrected chi connectivity index (χ4v) is 6.08. The second-order valence-corrected chi connectivity index (χ2v) is 9.52. The number of sulfonamides is 1. The van der Waals surface area contributed by atoms with Crippen LogP contribution in [0.5, 0.6) is 0 Å². The molecule has 8 nitrogen and oxygen atoms in total. The summed E-state index contributed by atoms with van der Waals surface area (Å²) in [6.07, 6.45) is 2.32. The molecule has 0 radical (unpaired) electrons. The molecule has 1 saturated heterocycles. The number of nitrogens with zero attached hydrogens (tertiary/aromatic N) is 4. The number of aromatic nitrogens is 4. The van der Waals surface area contributed by atoms with Gasteiger partial charge in [-0.3, -0.25) is 5.10 Å². The van der Waals surface area contributed by atoms with Gasteiger partial charge in [0.05, 0.1) is 11.4 Å². The highest BCUT2D eigenvalue weighted by molar-refractivity contribution is 7.89. The SMILES string of the molecule is Cc1n[nH]c(C)c1S(=O)(=O)N1CCC[C@H](Cc2nc(-c3ccsc3)no2)C1. The average Bonchev–Trinajstić information content (AvgIpc) is 3.37. The van der Waals surface area contributed by atoms with Gasteiger partial charge in [0.2, 0.25) is 21.7 Å². The molecule has 27 heavy (non-hydrogen) atoms. The molecule has 4 heterocycles. The molecule has 1 atom stereocenters. The van der Waals surface area contributed by atoms with Crippen LogP contribution in [0.1, 0.15) is 30.1 Å². The van der Waals surface area contributed by atoms with Crippen LogP contribution >= 0.6 is 11.3 Å². The Morgan fingerprint density at radius 2 is 2.26 bits per heavy atom. The maximum atomic E-state index is 13.1. The van der Waals surface area contributed by atoms with Gasteiger partial charge in [0.15, 0.2) is 0 Å². The zero-order chi connectivity index (χ0) is 19.0. The highest BCUT2D eigenvalue weighted by Crippen LogP contribution is 2.28. The van der Waals surface area contributed by atoms with Crippen LogP contribution in [0.15, 0.2) is 26.2 Å². The number of aryl methyl sites for hydroxylation is 2. The van der Waals surface area contributed by atoms with E-state index in [1.54, 1.807) is 29.5 Å². The second kappa shape index (κ2) is 7.17. The number of H-pyrrole nitrogens is 1. The highest BCUT2D eigenvalue weighted by Gasteiger charge is 2.34. The number of thiophene rings is 1. The lowest BCUT2D eigenvalue weighted by atomic mass is 9.96. The first-order chi connectivity index (χ1) is 12.9. The van der Waals surface area contributed by atoms with Gasteiger partial charge in [0.1, 0.15) is 4.90 Å². The Hall–Kier alpha value is -2.04. The summed E-state index contributed by atoms with van der Waals surface area (Å²) in [5.41, 5.74) is 2.02. The van der Waals surface area contributed by atoms with Crippen molar-refractivity contribution >= 4 is 21.4 Å². The van der Waals surface area contributed by atoms with E-state index in [4.69, 9.17) is 4.52 Å². The van der Waals surface area contributed by atoms with Crippen molar-refractivity contribution in [3.63, 3.8) is 0 Å². The minimum absolute atomic E-state index is 0.150. The van der Waals surface area contributed by atoms with E-state index < -0.39 is 10.0 Å². The monoisotopic (exact) mass is 407 g/mol. The zero-order valence-electron chi connectivity index (χ0n) is 15.2. The smallest absolute Gasteiger partial charge is 0.246 e. The van der Waals surface area contributed by atoms with E-state index in [0.29, 0.717) is 47.5 Å². The summed E-state index contributed by atoms with van der Waals surface area (Å²) in [6, 6.07) is 1.95. The van der Waals surface area contributed by atoms with E-state index in [1.807, 2.05) is 16.8 Å². The van der Waals surface area contributed by atoms with Crippen LogP contribution in [0, 0.1) is 19.8 Å². The van der Waals surface area contributed by atoms with Gasteiger partial charge in [0.25, 0.3) is 0 Å². The maximum absolute atomic E-state index is 13.1. The van der Waals surface area contributed by atoms with Crippen molar-refractivity contribution in [3.05, 3.63) is 34.1 Å². The Morgan fingerprint density at radius 1 is 1.41 bits per heavy atom. The van der Waals surface area contributed by atoms with Gasteiger partial charge >= 0.3 is 0 Å². The fourth-order valence-electron chi connectivity index (χ4n) is 3.56. The molecule has 4 rings (SSSR count). The Kier molecular flexibility index (Phi) is 4.87. The fraction of sp³-hybridized carbons (Fsp3) is 0.471. The van der Waals surface area contributed by atoms with E-state index in [1.165, 1.54) is 0 Å². The zero-order valence-corrected chi connectivity index (χ0v) is 16.8. The van der Waals surface area contributed by atoms with Gasteiger partial charge in [0, 0.05) is 30.5 Å². The molecule has 3 aromatic heterocycles. The normalized spacial score (nSPS) is 18.8. The summed E-state index contributed by atoms with van der Waals surface area (Å²) in [7, 11) is -3.56. The average molecular weight is 408 g/mol. The Morgan fingerprint density at radius 3 is 2.96 bits per heavy atom. The van der Waals surface area contributed by atoms with Crippen LogP contribution in [0.3, 0.4) is 0 Å². The summed E-state index contributed by atoms with van der Waals surface area (Å²) >= 11 is 1.58. The van der Waals surface area contributed by atoms with E-state index in [2.05, 4.69) is 20.3 Å².